The van der Waals surface area contributed by atoms with E-state index in [1.165, 1.54) is 11.3 Å². The summed E-state index contributed by atoms with van der Waals surface area (Å²) in [6, 6.07) is 8.81. The zero-order chi connectivity index (χ0) is 16.4. The zero-order valence-corrected chi connectivity index (χ0v) is 14.0. The van der Waals surface area contributed by atoms with E-state index in [0.717, 1.165) is 4.88 Å². The number of nitrogens with one attached hydrogen (secondary N) is 1. The van der Waals surface area contributed by atoms with Gasteiger partial charge in [0.15, 0.2) is 6.61 Å². The van der Waals surface area contributed by atoms with Crippen molar-refractivity contribution < 1.29 is 14.3 Å². The van der Waals surface area contributed by atoms with Gasteiger partial charge in [0.05, 0.1) is 16.6 Å². The van der Waals surface area contributed by atoms with Gasteiger partial charge in [-0.15, -0.1) is 11.3 Å². The Morgan fingerprint density at radius 3 is 2.91 bits per heavy atom. The van der Waals surface area contributed by atoms with Crippen molar-refractivity contribution >= 4 is 40.4 Å². The summed E-state index contributed by atoms with van der Waals surface area (Å²) >= 11 is 7.40. The molecule has 0 saturated heterocycles. The minimum atomic E-state index is -0.220. The average Bonchev–Trinajstić information content (AvgIpc) is 2.96. The summed E-state index contributed by atoms with van der Waals surface area (Å²) in [5.41, 5.74) is 1.04. The lowest BCUT2D eigenvalue weighted by atomic mass is 10.1. The summed E-state index contributed by atoms with van der Waals surface area (Å²) in [4.78, 5) is 26.9. The molecule has 23 heavy (non-hydrogen) atoms. The van der Waals surface area contributed by atoms with Crippen LogP contribution in [0.25, 0.3) is 0 Å². The van der Waals surface area contributed by atoms with Gasteiger partial charge in [-0.25, -0.2) is 0 Å². The molecule has 1 aliphatic rings. The second kappa shape index (κ2) is 6.60. The van der Waals surface area contributed by atoms with Gasteiger partial charge in [0.25, 0.3) is 11.8 Å². The fourth-order valence-corrected chi connectivity index (χ4v) is 3.45. The molecule has 1 aromatic carbocycles. The Labute approximate surface area is 142 Å². The van der Waals surface area contributed by atoms with Gasteiger partial charge in [0.1, 0.15) is 5.75 Å². The Hall–Kier alpha value is -2.05. The van der Waals surface area contributed by atoms with E-state index in [1.807, 2.05) is 19.1 Å². The van der Waals surface area contributed by atoms with Crippen LogP contribution in [-0.2, 0) is 11.3 Å². The fraction of sp³-hybridized carbons (Fsp3) is 0.250. The first-order valence-corrected chi connectivity index (χ1v) is 8.36. The molecule has 2 heterocycles. The Morgan fingerprint density at radius 2 is 2.22 bits per heavy atom. The van der Waals surface area contributed by atoms with E-state index in [2.05, 4.69) is 5.32 Å². The van der Waals surface area contributed by atoms with Gasteiger partial charge in [0.2, 0.25) is 0 Å². The molecule has 120 valence electrons. The quantitative estimate of drug-likeness (QED) is 0.919. The predicted octanol–water partition coefficient (Wildman–Crippen LogP) is 3.39. The van der Waals surface area contributed by atoms with E-state index < -0.39 is 0 Å². The van der Waals surface area contributed by atoms with Crippen LogP contribution in [0.15, 0.2) is 30.3 Å². The monoisotopic (exact) mass is 350 g/mol. The maximum atomic E-state index is 12.7. The molecular formula is C16H15ClN2O3S. The van der Waals surface area contributed by atoms with Gasteiger partial charge in [-0.1, -0.05) is 11.6 Å². The normalized spacial score (nSPS) is 13.0. The van der Waals surface area contributed by atoms with Gasteiger partial charge < -0.3 is 15.0 Å². The van der Waals surface area contributed by atoms with Crippen molar-refractivity contribution in [3.8, 4) is 5.75 Å². The van der Waals surface area contributed by atoms with Crippen molar-refractivity contribution in [2.24, 2.45) is 0 Å². The molecule has 1 N–H and O–H groups in total. The Bertz CT molecular complexity index is 760. The first-order valence-electron chi connectivity index (χ1n) is 7.17. The molecule has 0 atom stereocenters. The largest absolute Gasteiger partial charge is 0.482 e. The summed E-state index contributed by atoms with van der Waals surface area (Å²) in [6.07, 6.45) is 0. The van der Waals surface area contributed by atoms with Crippen LogP contribution in [0.4, 0.5) is 5.69 Å². The molecule has 0 bridgehead atoms. The minimum Gasteiger partial charge on any atom is -0.482 e. The number of fused-ring (bicyclic) bond motifs is 1. The van der Waals surface area contributed by atoms with Gasteiger partial charge in [-0.2, -0.15) is 0 Å². The topological polar surface area (TPSA) is 58.6 Å². The number of carbonyl (C=O) groups excluding carboxylic acids is 2. The highest BCUT2D eigenvalue weighted by Gasteiger charge is 2.20. The summed E-state index contributed by atoms with van der Waals surface area (Å²) < 4.78 is 6.01. The van der Waals surface area contributed by atoms with Crippen molar-refractivity contribution in [3.63, 3.8) is 0 Å². The molecule has 0 saturated carbocycles. The van der Waals surface area contributed by atoms with Crippen LogP contribution in [0.1, 0.15) is 22.2 Å². The third kappa shape index (κ3) is 3.48. The van der Waals surface area contributed by atoms with Crippen LogP contribution in [0.3, 0.4) is 0 Å². The maximum Gasteiger partial charge on any atom is 0.262 e. The van der Waals surface area contributed by atoms with Crippen LogP contribution in [0, 0.1) is 0 Å². The molecule has 5 nitrogen and oxygen atoms in total. The molecule has 2 amide bonds. The number of amides is 2. The zero-order valence-electron chi connectivity index (χ0n) is 12.5. The van der Waals surface area contributed by atoms with Gasteiger partial charge in [0, 0.05) is 17.0 Å². The number of carbonyl (C=O) groups is 2. The van der Waals surface area contributed by atoms with E-state index in [1.54, 1.807) is 23.1 Å². The lowest BCUT2D eigenvalue weighted by Gasteiger charge is -2.22. The van der Waals surface area contributed by atoms with E-state index >= 15 is 0 Å². The number of hydrogen-bond donors (Lipinski definition) is 1. The van der Waals surface area contributed by atoms with E-state index in [4.69, 9.17) is 16.3 Å². The molecule has 3 rings (SSSR count). The lowest BCUT2D eigenvalue weighted by molar-refractivity contribution is -0.118. The van der Waals surface area contributed by atoms with Crippen LogP contribution in [-0.4, -0.2) is 29.9 Å². The molecule has 1 aliphatic heterocycles. The third-order valence-electron chi connectivity index (χ3n) is 3.50. The number of anilines is 1. The lowest BCUT2D eigenvalue weighted by Crippen LogP contribution is -2.30. The van der Waals surface area contributed by atoms with Crippen molar-refractivity contribution in [2.45, 2.75) is 13.5 Å². The summed E-state index contributed by atoms with van der Waals surface area (Å²) in [5.74, 6) is 0.261. The Balaban J connectivity index is 1.80. The van der Waals surface area contributed by atoms with Gasteiger partial charge >= 0.3 is 0 Å². The molecule has 0 spiro atoms. The van der Waals surface area contributed by atoms with Crippen molar-refractivity contribution in [1.29, 1.82) is 0 Å². The number of hydrogen-bond acceptors (Lipinski definition) is 4. The van der Waals surface area contributed by atoms with Gasteiger partial charge in [-0.3, -0.25) is 9.59 Å². The molecule has 2 aromatic rings. The number of ether oxygens (including phenoxy) is 1. The standard InChI is InChI=1S/C16H15ClN2O3S/c1-2-19(8-11-4-6-14(17)23-11)16(21)10-3-5-13-12(7-10)18-15(20)9-22-13/h3-7H,2,8-9H2,1H3,(H,18,20). The predicted molar refractivity (Wildman–Crippen MR) is 90.3 cm³/mol. The first-order chi connectivity index (χ1) is 11.1. The first kappa shape index (κ1) is 15.8. The van der Waals surface area contributed by atoms with Crippen molar-refractivity contribution in [2.75, 3.05) is 18.5 Å². The SMILES string of the molecule is CCN(Cc1ccc(Cl)s1)C(=O)c1ccc2c(c1)NC(=O)CO2. The minimum absolute atomic E-state index is 0.000511. The summed E-state index contributed by atoms with van der Waals surface area (Å²) in [6.45, 7) is 3.01. The summed E-state index contributed by atoms with van der Waals surface area (Å²) in [5, 5.41) is 2.72. The number of halogens is 1. The second-order valence-corrected chi connectivity index (χ2v) is 6.87. The molecule has 0 radical (unpaired) electrons. The van der Waals surface area contributed by atoms with E-state index in [0.29, 0.717) is 34.4 Å². The van der Waals surface area contributed by atoms with Crippen molar-refractivity contribution in [1.82, 2.24) is 4.90 Å². The molecule has 7 heteroatoms. The second-order valence-electron chi connectivity index (χ2n) is 5.07. The number of thiophene rings is 1. The molecule has 0 fully saturated rings. The third-order valence-corrected chi connectivity index (χ3v) is 4.72. The highest BCUT2D eigenvalue weighted by molar-refractivity contribution is 7.16. The van der Waals surface area contributed by atoms with E-state index in [9.17, 15) is 9.59 Å². The van der Waals surface area contributed by atoms with E-state index in [-0.39, 0.29) is 18.4 Å². The average molecular weight is 351 g/mol. The fourth-order valence-electron chi connectivity index (χ4n) is 2.35. The Kier molecular flexibility index (Phi) is 4.54. The molecule has 1 aromatic heterocycles. The van der Waals surface area contributed by atoms with Crippen LogP contribution in [0.2, 0.25) is 4.34 Å². The Morgan fingerprint density at radius 1 is 1.39 bits per heavy atom. The van der Waals surface area contributed by atoms with Crippen LogP contribution >= 0.6 is 22.9 Å². The molecule has 0 aliphatic carbocycles. The van der Waals surface area contributed by atoms with Crippen LogP contribution in [0.5, 0.6) is 5.75 Å². The van der Waals surface area contributed by atoms with Crippen LogP contribution < -0.4 is 10.1 Å². The highest BCUT2D eigenvalue weighted by atomic mass is 35.5. The van der Waals surface area contributed by atoms with Crippen molar-refractivity contribution in [3.05, 3.63) is 45.1 Å². The smallest absolute Gasteiger partial charge is 0.262 e. The van der Waals surface area contributed by atoms with Gasteiger partial charge in [-0.05, 0) is 37.3 Å². The number of nitrogens with zero attached hydrogens (tertiary/aromatic N) is 1. The number of rotatable bonds is 4. The molecule has 0 unspecified atom stereocenters. The molecular weight excluding hydrogens is 336 g/mol. The number of benzene rings is 1. The highest BCUT2D eigenvalue weighted by Crippen LogP contribution is 2.29. The maximum absolute atomic E-state index is 12.7. The summed E-state index contributed by atoms with van der Waals surface area (Å²) in [7, 11) is 0.